The molecule has 18 heavy (non-hydrogen) atoms. The zero-order valence-corrected chi connectivity index (χ0v) is 11.5. The summed E-state index contributed by atoms with van der Waals surface area (Å²) in [5.41, 5.74) is 8.51. The zero-order chi connectivity index (χ0) is 13.7. The highest BCUT2D eigenvalue weighted by molar-refractivity contribution is 5.92. The maximum absolute atomic E-state index is 5.88. The van der Waals surface area contributed by atoms with Gasteiger partial charge in [-0.05, 0) is 41.0 Å². The van der Waals surface area contributed by atoms with E-state index in [4.69, 9.17) is 12.2 Å². The molecule has 0 amide bonds. The highest BCUT2D eigenvalue weighted by atomic mass is 14.7. The van der Waals surface area contributed by atoms with Crippen molar-refractivity contribution in [2.75, 3.05) is 5.73 Å². The Bertz CT molecular complexity index is 577. The van der Waals surface area contributed by atoms with Crippen molar-refractivity contribution in [2.24, 2.45) is 0 Å². The molecule has 1 aromatic carbocycles. The van der Waals surface area contributed by atoms with Crippen molar-refractivity contribution in [1.29, 1.82) is 0 Å². The van der Waals surface area contributed by atoms with Gasteiger partial charge in [-0.2, -0.15) is 0 Å². The Morgan fingerprint density at radius 2 is 1.94 bits per heavy atom. The smallest absolute Gasteiger partial charge is 0.120 e. The number of nitrogen functional groups attached to an aromatic ring is 1. The average Bonchev–Trinajstić information content (AvgIpc) is 2.39. The minimum Gasteiger partial charge on any atom is -0.399 e. The third kappa shape index (κ3) is 2.62. The first-order valence-corrected chi connectivity index (χ1v) is 6.28. The summed E-state index contributed by atoms with van der Waals surface area (Å²) in [6.45, 7) is 8.25. The van der Waals surface area contributed by atoms with Crippen LogP contribution in [0.1, 0.15) is 44.9 Å². The van der Waals surface area contributed by atoms with E-state index < -0.39 is 0 Å². The molecule has 2 aromatic rings. The minimum atomic E-state index is 0.377. The van der Waals surface area contributed by atoms with Crippen LogP contribution in [0.15, 0.2) is 24.4 Å². The lowest BCUT2D eigenvalue weighted by atomic mass is 9.94. The Morgan fingerprint density at radius 3 is 2.50 bits per heavy atom. The van der Waals surface area contributed by atoms with Gasteiger partial charge in [0.2, 0.25) is 0 Å². The molecule has 2 heteroatoms. The van der Waals surface area contributed by atoms with Gasteiger partial charge in [0.05, 0.1) is 0 Å². The van der Waals surface area contributed by atoms with E-state index in [1.165, 1.54) is 0 Å². The van der Waals surface area contributed by atoms with Gasteiger partial charge >= 0.3 is 0 Å². The van der Waals surface area contributed by atoms with Crippen LogP contribution in [0.4, 0.5) is 5.69 Å². The maximum Gasteiger partial charge on any atom is 0.120 e. The summed E-state index contributed by atoms with van der Waals surface area (Å²) in [5, 5.41) is 2.11. The molecule has 94 valence electrons. The third-order valence-electron chi connectivity index (χ3n) is 2.67. The number of nitrogens with zero attached hydrogens (tertiary/aromatic N) is 1. The summed E-state index contributed by atoms with van der Waals surface area (Å²) >= 11 is 0. The maximum atomic E-state index is 5.88. The van der Waals surface area contributed by atoms with Crippen molar-refractivity contribution < 1.29 is 0 Å². The second kappa shape index (κ2) is 6.07. The molecular weight excluding hydrogens is 220 g/mol. The predicted molar refractivity (Wildman–Crippen MR) is 79.5 cm³/mol. The first-order chi connectivity index (χ1) is 8.63. The SMILES string of the molecule is C#Cc1nccc2cc(N)cc(C(C)C)c12.CC. The number of fused-ring (bicyclic) bond motifs is 1. The topological polar surface area (TPSA) is 38.9 Å². The largest absolute Gasteiger partial charge is 0.399 e. The summed E-state index contributed by atoms with van der Waals surface area (Å²) in [4.78, 5) is 4.22. The van der Waals surface area contributed by atoms with E-state index in [0.29, 0.717) is 11.6 Å². The van der Waals surface area contributed by atoms with E-state index >= 15 is 0 Å². The molecule has 0 aliphatic rings. The molecule has 0 atom stereocenters. The predicted octanol–water partition coefficient (Wildman–Crippen LogP) is 3.95. The van der Waals surface area contributed by atoms with Crippen molar-refractivity contribution in [3.63, 3.8) is 0 Å². The Kier molecular flexibility index (Phi) is 4.74. The van der Waals surface area contributed by atoms with E-state index in [1.54, 1.807) is 6.20 Å². The summed E-state index contributed by atoms with van der Waals surface area (Å²) < 4.78 is 0. The number of anilines is 1. The van der Waals surface area contributed by atoms with Crippen LogP contribution in [-0.2, 0) is 0 Å². The lowest BCUT2D eigenvalue weighted by Crippen LogP contribution is -1.97. The number of hydrogen-bond acceptors (Lipinski definition) is 2. The molecule has 0 radical (unpaired) electrons. The molecule has 2 rings (SSSR count). The first-order valence-electron chi connectivity index (χ1n) is 6.28. The van der Waals surface area contributed by atoms with Gasteiger partial charge in [-0.15, -0.1) is 6.42 Å². The quantitative estimate of drug-likeness (QED) is 0.605. The van der Waals surface area contributed by atoms with Crippen LogP contribution in [-0.4, -0.2) is 4.98 Å². The lowest BCUT2D eigenvalue weighted by Gasteiger charge is -2.12. The number of terminal acetylenes is 1. The zero-order valence-electron chi connectivity index (χ0n) is 11.5. The molecule has 1 aromatic heterocycles. The average molecular weight is 240 g/mol. The summed E-state index contributed by atoms with van der Waals surface area (Å²) in [6.07, 6.45) is 7.20. The molecule has 0 spiro atoms. The van der Waals surface area contributed by atoms with Gasteiger partial charge in [-0.3, -0.25) is 0 Å². The van der Waals surface area contributed by atoms with Crippen molar-refractivity contribution in [3.05, 3.63) is 35.7 Å². The van der Waals surface area contributed by atoms with E-state index in [2.05, 4.69) is 24.8 Å². The van der Waals surface area contributed by atoms with Crippen LogP contribution in [0.25, 0.3) is 10.8 Å². The van der Waals surface area contributed by atoms with Crippen LogP contribution in [0.3, 0.4) is 0 Å². The van der Waals surface area contributed by atoms with Crippen LogP contribution in [0.5, 0.6) is 0 Å². The molecule has 2 N–H and O–H groups in total. The third-order valence-corrected chi connectivity index (χ3v) is 2.67. The van der Waals surface area contributed by atoms with E-state index in [0.717, 1.165) is 22.0 Å². The molecule has 0 unspecified atom stereocenters. The van der Waals surface area contributed by atoms with Crippen LogP contribution < -0.4 is 5.73 Å². The van der Waals surface area contributed by atoms with Crippen LogP contribution >= 0.6 is 0 Å². The summed E-state index contributed by atoms with van der Waals surface area (Å²) in [7, 11) is 0. The number of rotatable bonds is 1. The molecule has 0 bridgehead atoms. The number of benzene rings is 1. The fourth-order valence-electron chi connectivity index (χ4n) is 1.94. The minimum absolute atomic E-state index is 0.377. The van der Waals surface area contributed by atoms with E-state index in [-0.39, 0.29) is 0 Å². The summed E-state index contributed by atoms with van der Waals surface area (Å²) in [6, 6.07) is 5.86. The molecule has 1 heterocycles. The lowest BCUT2D eigenvalue weighted by molar-refractivity contribution is 0.876. The Morgan fingerprint density at radius 1 is 1.28 bits per heavy atom. The Balaban J connectivity index is 0.000000771. The van der Waals surface area contributed by atoms with Gasteiger partial charge in [0.15, 0.2) is 0 Å². The van der Waals surface area contributed by atoms with Crippen molar-refractivity contribution >= 4 is 16.5 Å². The Labute approximate surface area is 109 Å². The number of pyridine rings is 1. The number of hydrogen-bond donors (Lipinski definition) is 1. The van der Waals surface area contributed by atoms with Gasteiger partial charge in [0.1, 0.15) is 5.69 Å². The highest BCUT2D eigenvalue weighted by Crippen LogP contribution is 2.29. The number of nitrogens with two attached hydrogens (primary N) is 1. The highest BCUT2D eigenvalue weighted by Gasteiger charge is 2.10. The normalized spacial score (nSPS) is 9.78. The number of aromatic nitrogens is 1. The molecular formula is C16H20N2. The van der Waals surface area contributed by atoms with Gasteiger partial charge in [0, 0.05) is 17.3 Å². The monoisotopic (exact) mass is 240 g/mol. The van der Waals surface area contributed by atoms with E-state index in [1.807, 2.05) is 32.0 Å². The first kappa shape index (κ1) is 14.1. The van der Waals surface area contributed by atoms with Gasteiger partial charge in [-0.25, -0.2) is 4.98 Å². The molecule has 2 nitrogen and oxygen atoms in total. The van der Waals surface area contributed by atoms with Gasteiger partial charge in [0.25, 0.3) is 0 Å². The van der Waals surface area contributed by atoms with Gasteiger partial charge < -0.3 is 5.73 Å². The van der Waals surface area contributed by atoms with Crippen molar-refractivity contribution in [1.82, 2.24) is 4.98 Å². The molecule has 0 aliphatic heterocycles. The second-order valence-corrected chi connectivity index (χ2v) is 4.17. The molecule has 0 fully saturated rings. The molecule has 0 saturated heterocycles. The second-order valence-electron chi connectivity index (χ2n) is 4.17. The van der Waals surface area contributed by atoms with E-state index in [9.17, 15) is 0 Å². The van der Waals surface area contributed by atoms with Crippen LogP contribution in [0.2, 0.25) is 0 Å². The molecule has 0 saturated carbocycles. The summed E-state index contributed by atoms with van der Waals surface area (Å²) in [5.74, 6) is 3.01. The van der Waals surface area contributed by atoms with Crippen LogP contribution in [0, 0.1) is 12.3 Å². The molecule has 0 aliphatic carbocycles. The van der Waals surface area contributed by atoms with Crippen molar-refractivity contribution in [2.45, 2.75) is 33.6 Å². The van der Waals surface area contributed by atoms with Gasteiger partial charge in [-0.1, -0.05) is 27.7 Å². The Hall–Kier alpha value is -2.01. The fraction of sp³-hybridized carbons (Fsp3) is 0.312. The van der Waals surface area contributed by atoms with Crippen molar-refractivity contribution in [3.8, 4) is 12.3 Å². The standard InChI is InChI=1S/C14H14N2.C2H6/c1-4-13-14-10(5-6-16-13)7-11(15)8-12(14)9(2)3;1-2/h1,5-9H,15H2,2-3H3;1-2H3. The fourth-order valence-corrected chi connectivity index (χ4v) is 1.94.